The van der Waals surface area contributed by atoms with Gasteiger partial charge in [-0.3, -0.25) is 9.59 Å². The summed E-state index contributed by atoms with van der Waals surface area (Å²) in [6.45, 7) is 5.19. The molecule has 0 unspecified atom stereocenters. The second-order valence-corrected chi connectivity index (χ2v) is 8.48. The molecule has 1 aromatic carbocycles. The SMILES string of the molecule is COc1ccccc1Nc1nc(C(=O)N(CCC(=O)NCC(C)C)Cc2ccco2)cs1. The number of thiazole rings is 1. The van der Waals surface area contributed by atoms with Crippen molar-refractivity contribution in [2.75, 3.05) is 25.5 Å². The maximum Gasteiger partial charge on any atom is 0.273 e. The van der Waals surface area contributed by atoms with Gasteiger partial charge in [-0.2, -0.15) is 0 Å². The molecule has 3 aromatic rings. The van der Waals surface area contributed by atoms with Crippen molar-refractivity contribution in [2.45, 2.75) is 26.8 Å². The molecule has 3 rings (SSSR count). The standard InChI is InChI=1S/C23H28N4O4S/c1-16(2)13-24-21(28)10-11-27(14-17-7-6-12-31-17)22(29)19-15-32-23(26-19)25-18-8-4-5-9-20(18)30-3/h4-9,12,15-16H,10-11,13-14H2,1-3H3,(H,24,28)(H,25,26). The van der Waals surface area contributed by atoms with Crippen molar-refractivity contribution in [1.29, 1.82) is 0 Å². The maximum atomic E-state index is 13.2. The van der Waals surface area contributed by atoms with Crippen LogP contribution in [0.25, 0.3) is 0 Å². The number of carbonyl (C=O) groups excluding carboxylic acids is 2. The number of nitrogens with one attached hydrogen (secondary N) is 2. The van der Waals surface area contributed by atoms with Gasteiger partial charge in [0, 0.05) is 24.9 Å². The number of furan rings is 1. The minimum atomic E-state index is -0.262. The molecule has 0 fully saturated rings. The summed E-state index contributed by atoms with van der Waals surface area (Å²) in [6, 6.07) is 11.1. The van der Waals surface area contributed by atoms with Crippen LogP contribution in [0.1, 0.15) is 36.5 Å². The molecule has 2 aromatic heterocycles. The lowest BCUT2D eigenvalue weighted by Crippen LogP contribution is -2.35. The van der Waals surface area contributed by atoms with Gasteiger partial charge in [0.15, 0.2) is 5.13 Å². The molecule has 9 heteroatoms. The molecule has 0 bridgehead atoms. The fourth-order valence-corrected chi connectivity index (χ4v) is 3.64. The third-order valence-electron chi connectivity index (χ3n) is 4.60. The van der Waals surface area contributed by atoms with Crippen LogP contribution in [0, 0.1) is 5.92 Å². The molecule has 2 heterocycles. The summed E-state index contributed by atoms with van der Waals surface area (Å²) in [5.41, 5.74) is 1.07. The third-order valence-corrected chi connectivity index (χ3v) is 5.36. The molecule has 0 saturated carbocycles. The Morgan fingerprint density at radius 2 is 2.03 bits per heavy atom. The molecule has 0 aliphatic carbocycles. The van der Waals surface area contributed by atoms with E-state index in [1.807, 2.05) is 38.1 Å². The van der Waals surface area contributed by atoms with E-state index in [0.29, 0.717) is 34.8 Å². The second kappa shape index (κ2) is 11.3. The predicted molar refractivity (Wildman–Crippen MR) is 124 cm³/mol. The number of amides is 2. The van der Waals surface area contributed by atoms with Crippen LogP contribution < -0.4 is 15.4 Å². The highest BCUT2D eigenvalue weighted by Gasteiger charge is 2.21. The van der Waals surface area contributed by atoms with E-state index in [-0.39, 0.29) is 31.3 Å². The highest BCUT2D eigenvalue weighted by Crippen LogP contribution is 2.29. The molecule has 2 amide bonds. The summed E-state index contributed by atoms with van der Waals surface area (Å²) in [5, 5.41) is 8.35. The number of anilines is 2. The average molecular weight is 457 g/mol. The molecular formula is C23H28N4O4S. The van der Waals surface area contributed by atoms with E-state index in [1.54, 1.807) is 35.8 Å². The monoisotopic (exact) mass is 456 g/mol. The predicted octanol–water partition coefficient (Wildman–Crippen LogP) is 4.29. The number of aromatic nitrogens is 1. The zero-order valence-corrected chi connectivity index (χ0v) is 19.3. The van der Waals surface area contributed by atoms with Gasteiger partial charge >= 0.3 is 0 Å². The molecule has 0 aliphatic rings. The molecule has 8 nitrogen and oxygen atoms in total. The molecule has 0 saturated heterocycles. The fourth-order valence-electron chi connectivity index (χ4n) is 2.94. The van der Waals surface area contributed by atoms with Crippen LogP contribution in [0.3, 0.4) is 0 Å². The van der Waals surface area contributed by atoms with Crippen molar-refractivity contribution >= 4 is 34.0 Å². The van der Waals surface area contributed by atoms with E-state index in [2.05, 4.69) is 15.6 Å². The Bertz CT molecular complexity index is 1020. The molecule has 0 spiro atoms. The lowest BCUT2D eigenvalue weighted by molar-refractivity contribution is -0.121. The zero-order chi connectivity index (χ0) is 22.9. The summed E-state index contributed by atoms with van der Waals surface area (Å²) in [7, 11) is 1.60. The van der Waals surface area contributed by atoms with Crippen molar-refractivity contribution in [1.82, 2.24) is 15.2 Å². The van der Waals surface area contributed by atoms with Gasteiger partial charge in [-0.25, -0.2) is 4.98 Å². The van der Waals surface area contributed by atoms with E-state index < -0.39 is 0 Å². The first-order valence-electron chi connectivity index (χ1n) is 10.4. The van der Waals surface area contributed by atoms with Crippen LogP contribution in [0.2, 0.25) is 0 Å². The molecule has 170 valence electrons. The minimum Gasteiger partial charge on any atom is -0.495 e. The Morgan fingerprint density at radius 3 is 2.75 bits per heavy atom. The van der Waals surface area contributed by atoms with E-state index in [1.165, 1.54) is 11.3 Å². The van der Waals surface area contributed by atoms with Crippen molar-refractivity contribution in [3.63, 3.8) is 0 Å². The van der Waals surface area contributed by atoms with Crippen LogP contribution in [-0.2, 0) is 11.3 Å². The number of hydrogen-bond acceptors (Lipinski definition) is 7. The number of nitrogens with zero attached hydrogens (tertiary/aromatic N) is 2. The van der Waals surface area contributed by atoms with E-state index in [0.717, 1.165) is 5.69 Å². The Morgan fingerprint density at radius 1 is 1.22 bits per heavy atom. The summed E-state index contributed by atoms with van der Waals surface area (Å²) in [4.78, 5) is 31.4. The number of methoxy groups -OCH3 is 1. The number of rotatable bonds is 11. The zero-order valence-electron chi connectivity index (χ0n) is 18.5. The minimum absolute atomic E-state index is 0.0900. The van der Waals surface area contributed by atoms with Gasteiger partial charge < -0.3 is 24.7 Å². The summed E-state index contributed by atoms with van der Waals surface area (Å²) >= 11 is 1.32. The average Bonchev–Trinajstić information content (AvgIpc) is 3.47. The Kier molecular flexibility index (Phi) is 8.27. The van der Waals surface area contributed by atoms with E-state index in [4.69, 9.17) is 9.15 Å². The molecule has 0 atom stereocenters. The van der Waals surface area contributed by atoms with Crippen LogP contribution in [0.4, 0.5) is 10.8 Å². The third kappa shape index (κ3) is 6.58. The van der Waals surface area contributed by atoms with Gasteiger partial charge in [-0.05, 0) is 30.2 Å². The van der Waals surface area contributed by atoms with E-state index in [9.17, 15) is 9.59 Å². The van der Waals surface area contributed by atoms with Crippen molar-refractivity contribution in [3.05, 3.63) is 59.5 Å². The van der Waals surface area contributed by atoms with Crippen LogP contribution in [0.5, 0.6) is 5.75 Å². The number of carbonyl (C=O) groups is 2. The molecule has 0 aliphatic heterocycles. The van der Waals surface area contributed by atoms with Gasteiger partial charge in [0.05, 0.1) is 25.6 Å². The first-order valence-corrected chi connectivity index (χ1v) is 11.3. The summed E-state index contributed by atoms with van der Waals surface area (Å²) in [5.74, 6) is 1.34. The smallest absolute Gasteiger partial charge is 0.273 e. The highest BCUT2D eigenvalue weighted by atomic mass is 32.1. The van der Waals surface area contributed by atoms with E-state index >= 15 is 0 Å². The molecular weight excluding hydrogens is 428 g/mol. The number of para-hydroxylation sites is 2. The van der Waals surface area contributed by atoms with Crippen molar-refractivity contribution in [2.24, 2.45) is 5.92 Å². The quantitative estimate of drug-likeness (QED) is 0.447. The van der Waals surface area contributed by atoms with Gasteiger partial charge in [0.25, 0.3) is 5.91 Å². The van der Waals surface area contributed by atoms with Crippen molar-refractivity contribution in [3.8, 4) is 5.75 Å². The Labute approximate surface area is 191 Å². The van der Waals surface area contributed by atoms with Crippen molar-refractivity contribution < 1.29 is 18.7 Å². The first-order chi connectivity index (χ1) is 15.5. The molecule has 32 heavy (non-hydrogen) atoms. The topological polar surface area (TPSA) is 96.7 Å². The molecule has 2 N–H and O–H groups in total. The summed E-state index contributed by atoms with van der Waals surface area (Å²) in [6.07, 6.45) is 1.76. The normalized spacial score (nSPS) is 10.8. The lowest BCUT2D eigenvalue weighted by atomic mass is 10.2. The van der Waals surface area contributed by atoms with Gasteiger partial charge in [-0.15, -0.1) is 11.3 Å². The fraction of sp³-hybridized carbons (Fsp3) is 0.348. The number of hydrogen-bond donors (Lipinski definition) is 2. The van der Waals surface area contributed by atoms with Gasteiger partial charge in [-0.1, -0.05) is 26.0 Å². The summed E-state index contributed by atoms with van der Waals surface area (Å²) < 4.78 is 10.8. The Hall–Kier alpha value is -3.33. The highest BCUT2D eigenvalue weighted by molar-refractivity contribution is 7.14. The van der Waals surface area contributed by atoms with Gasteiger partial charge in [0.1, 0.15) is 17.2 Å². The number of benzene rings is 1. The maximum absolute atomic E-state index is 13.2. The largest absolute Gasteiger partial charge is 0.495 e. The Balaban J connectivity index is 1.69. The first kappa shape index (κ1) is 23.3. The van der Waals surface area contributed by atoms with Gasteiger partial charge in [0.2, 0.25) is 5.91 Å². The number of ether oxygens (including phenoxy) is 1. The lowest BCUT2D eigenvalue weighted by Gasteiger charge is -2.20. The second-order valence-electron chi connectivity index (χ2n) is 7.62. The van der Waals surface area contributed by atoms with Crippen LogP contribution >= 0.6 is 11.3 Å². The molecule has 0 radical (unpaired) electrons. The van der Waals surface area contributed by atoms with Crippen LogP contribution in [-0.4, -0.2) is 41.9 Å². The van der Waals surface area contributed by atoms with Crippen LogP contribution in [0.15, 0.2) is 52.5 Å².